The molecule has 1 aliphatic rings. The fourth-order valence-electron chi connectivity index (χ4n) is 5.28. The van der Waals surface area contributed by atoms with Crippen molar-refractivity contribution in [2.24, 2.45) is 5.73 Å². The van der Waals surface area contributed by atoms with E-state index in [0.29, 0.717) is 6.54 Å². The second kappa shape index (κ2) is 12.3. The van der Waals surface area contributed by atoms with E-state index in [0.717, 1.165) is 81.4 Å². The number of carbonyl (C=O) groups is 1. The Morgan fingerprint density at radius 1 is 1.06 bits per heavy atom. The fraction of sp³-hybridized carbons (Fsp3) is 0.607. The summed E-state index contributed by atoms with van der Waals surface area (Å²) in [5, 5.41) is 0. The zero-order valence-corrected chi connectivity index (χ0v) is 22.6. The van der Waals surface area contributed by atoms with Crippen molar-refractivity contribution in [3.05, 3.63) is 35.0 Å². The summed E-state index contributed by atoms with van der Waals surface area (Å²) in [5.41, 5.74) is 11.5. The minimum absolute atomic E-state index is 0.211. The van der Waals surface area contributed by atoms with Crippen molar-refractivity contribution in [3.63, 3.8) is 0 Å². The van der Waals surface area contributed by atoms with E-state index in [1.165, 1.54) is 16.7 Å². The molecule has 1 fully saturated rings. The van der Waals surface area contributed by atoms with Gasteiger partial charge in [0.15, 0.2) is 11.6 Å². The number of anilines is 2. The topological polar surface area (TPSA) is 78.6 Å². The van der Waals surface area contributed by atoms with Crippen molar-refractivity contribution < 1.29 is 4.79 Å². The highest BCUT2D eigenvalue weighted by Crippen LogP contribution is 2.36. The number of rotatable bonds is 11. The second-order valence-electron chi connectivity index (χ2n) is 9.68. The lowest BCUT2D eigenvalue weighted by molar-refractivity contribution is -0.119. The van der Waals surface area contributed by atoms with Crippen LogP contribution in [0.3, 0.4) is 0 Å². The highest BCUT2D eigenvalue weighted by molar-refractivity contribution is 5.77. The smallest absolute Gasteiger partial charge is 0.231 e. The van der Waals surface area contributed by atoms with Gasteiger partial charge in [0.05, 0.1) is 12.2 Å². The molecule has 7 nitrogen and oxygen atoms in total. The number of hydrogen-bond donors (Lipinski definition) is 1. The van der Waals surface area contributed by atoms with Crippen LogP contribution in [0.1, 0.15) is 64.3 Å². The molecule has 1 aromatic carbocycles. The summed E-state index contributed by atoms with van der Waals surface area (Å²) in [5.74, 6) is 1.58. The predicted molar refractivity (Wildman–Crippen MR) is 146 cm³/mol. The molecule has 2 N–H and O–H groups in total. The molecule has 0 aliphatic carbocycles. The summed E-state index contributed by atoms with van der Waals surface area (Å²) in [6, 6.07) is 6.76. The van der Waals surface area contributed by atoms with Crippen LogP contribution in [-0.4, -0.2) is 66.1 Å². The predicted octanol–water partition coefficient (Wildman–Crippen LogP) is 4.20. The Hall–Kier alpha value is -2.67. The molecule has 0 radical (unpaired) electrons. The van der Waals surface area contributed by atoms with Gasteiger partial charge in [-0.15, -0.1) is 0 Å². The first kappa shape index (κ1) is 26.9. The van der Waals surface area contributed by atoms with E-state index in [1.54, 1.807) is 0 Å². The number of carbonyl (C=O) groups excluding carboxylic acids is 1. The monoisotopic (exact) mass is 480 g/mol. The summed E-state index contributed by atoms with van der Waals surface area (Å²) >= 11 is 0. The lowest BCUT2D eigenvalue weighted by atomic mass is 9.96. The van der Waals surface area contributed by atoms with Crippen molar-refractivity contribution in [3.8, 4) is 11.4 Å². The molecule has 1 aromatic heterocycles. The molecule has 192 valence electrons. The number of amides is 1. The summed E-state index contributed by atoms with van der Waals surface area (Å²) in [7, 11) is 0. The molecule has 1 atom stereocenters. The Morgan fingerprint density at radius 3 is 2.20 bits per heavy atom. The molecule has 2 aromatic rings. The van der Waals surface area contributed by atoms with E-state index >= 15 is 0 Å². The lowest BCUT2D eigenvalue weighted by Gasteiger charge is -2.41. The van der Waals surface area contributed by atoms with E-state index < -0.39 is 0 Å². The molecule has 7 heteroatoms. The third-order valence-electron chi connectivity index (χ3n) is 6.99. The normalized spacial score (nSPS) is 16.5. The number of primary amides is 1. The van der Waals surface area contributed by atoms with Crippen LogP contribution in [-0.2, 0) is 17.6 Å². The maximum atomic E-state index is 11.6. The minimum Gasteiger partial charge on any atom is -0.369 e. The first-order valence-electron chi connectivity index (χ1n) is 13.4. The number of aryl methyl sites for hydroxylation is 3. The largest absolute Gasteiger partial charge is 0.369 e. The van der Waals surface area contributed by atoms with Crippen LogP contribution in [0.25, 0.3) is 11.4 Å². The standard InChI is InChI=1S/C28H44N6O/c1-7-14-32(15-8-2)26-21(6)30-27(25-22(9-3)12-11-13-23(25)10-4)31-28(26)34-17-16-33(19-24(29)35)20(5)18-34/h11-13,20H,7-10,14-19H2,1-6H3,(H2,29,35). The van der Waals surface area contributed by atoms with E-state index in [4.69, 9.17) is 15.7 Å². The molecular formula is C28H44N6O. The van der Waals surface area contributed by atoms with Crippen LogP contribution >= 0.6 is 0 Å². The zero-order chi connectivity index (χ0) is 25.5. The third-order valence-corrected chi connectivity index (χ3v) is 6.99. The summed E-state index contributed by atoms with van der Waals surface area (Å²) < 4.78 is 0. The van der Waals surface area contributed by atoms with Crippen LogP contribution in [0.5, 0.6) is 0 Å². The van der Waals surface area contributed by atoms with Gasteiger partial charge in [0.25, 0.3) is 0 Å². The third kappa shape index (κ3) is 6.13. The first-order valence-corrected chi connectivity index (χ1v) is 13.4. The first-order chi connectivity index (χ1) is 16.8. The van der Waals surface area contributed by atoms with Crippen LogP contribution in [0, 0.1) is 6.92 Å². The van der Waals surface area contributed by atoms with E-state index in [9.17, 15) is 4.79 Å². The second-order valence-corrected chi connectivity index (χ2v) is 9.68. The SMILES string of the molecule is CCCN(CCC)c1c(C)nc(-c2c(CC)cccc2CC)nc1N1CCN(CC(N)=O)C(C)C1. The number of piperazine rings is 1. The van der Waals surface area contributed by atoms with Crippen molar-refractivity contribution in [2.45, 2.75) is 73.3 Å². The Morgan fingerprint density at radius 2 is 1.69 bits per heavy atom. The molecule has 0 bridgehead atoms. The molecule has 1 aliphatic heterocycles. The van der Waals surface area contributed by atoms with Crippen molar-refractivity contribution >= 4 is 17.4 Å². The van der Waals surface area contributed by atoms with Crippen molar-refractivity contribution in [1.29, 1.82) is 0 Å². The quantitative estimate of drug-likeness (QED) is 0.519. The molecular weight excluding hydrogens is 436 g/mol. The number of aromatic nitrogens is 2. The molecule has 1 amide bonds. The maximum Gasteiger partial charge on any atom is 0.231 e. The Kier molecular flexibility index (Phi) is 9.49. The van der Waals surface area contributed by atoms with E-state index in [2.05, 4.69) is 74.4 Å². The average molecular weight is 481 g/mol. The van der Waals surface area contributed by atoms with Gasteiger partial charge >= 0.3 is 0 Å². The molecule has 1 saturated heterocycles. The van der Waals surface area contributed by atoms with Gasteiger partial charge in [0.2, 0.25) is 5.91 Å². The Labute approximate surface area is 211 Å². The summed E-state index contributed by atoms with van der Waals surface area (Å²) in [6.07, 6.45) is 4.04. The number of nitrogens with zero attached hydrogens (tertiary/aromatic N) is 5. The van der Waals surface area contributed by atoms with Crippen molar-refractivity contribution in [2.75, 3.05) is 49.1 Å². The zero-order valence-electron chi connectivity index (χ0n) is 22.6. The molecule has 35 heavy (non-hydrogen) atoms. The van der Waals surface area contributed by atoms with Gasteiger partial charge in [0, 0.05) is 44.3 Å². The van der Waals surface area contributed by atoms with Gasteiger partial charge in [-0.1, -0.05) is 45.9 Å². The molecule has 0 saturated carbocycles. The van der Waals surface area contributed by atoms with Crippen LogP contribution < -0.4 is 15.5 Å². The average Bonchev–Trinajstić information content (AvgIpc) is 2.84. The van der Waals surface area contributed by atoms with Gasteiger partial charge in [-0.05, 0) is 50.7 Å². The van der Waals surface area contributed by atoms with Gasteiger partial charge in [-0.25, -0.2) is 9.97 Å². The van der Waals surface area contributed by atoms with E-state index in [-0.39, 0.29) is 11.9 Å². The molecule has 2 heterocycles. The van der Waals surface area contributed by atoms with Crippen LogP contribution in [0.15, 0.2) is 18.2 Å². The summed E-state index contributed by atoms with van der Waals surface area (Å²) in [4.78, 5) is 29.0. The van der Waals surface area contributed by atoms with Crippen molar-refractivity contribution in [1.82, 2.24) is 14.9 Å². The number of benzene rings is 1. The van der Waals surface area contributed by atoms with Crippen LogP contribution in [0.4, 0.5) is 11.5 Å². The molecule has 3 rings (SSSR count). The Balaban J connectivity index is 2.15. The van der Waals surface area contributed by atoms with Gasteiger partial charge in [-0.2, -0.15) is 0 Å². The van der Waals surface area contributed by atoms with Gasteiger partial charge in [-0.3, -0.25) is 9.69 Å². The fourth-order valence-corrected chi connectivity index (χ4v) is 5.28. The van der Waals surface area contributed by atoms with E-state index in [1.807, 2.05) is 0 Å². The molecule has 1 unspecified atom stereocenters. The Bertz CT molecular complexity index is 979. The number of hydrogen-bond acceptors (Lipinski definition) is 6. The highest BCUT2D eigenvalue weighted by Gasteiger charge is 2.30. The van der Waals surface area contributed by atoms with Gasteiger partial charge < -0.3 is 15.5 Å². The maximum absolute atomic E-state index is 11.6. The molecule has 0 spiro atoms. The minimum atomic E-state index is -0.272. The highest BCUT2D eigenvalue weighted by atomic mass is 16.1. The van der Waals surface area contributed by atoms with Gasteiger partial charge in [0.1, 0.15) is 5.69 Å². The number of nitrogens with two attached hydrogens (primary N) is 1. The van der Waals surface area contributed by atoms with Crippen LogP contribution in [0.2, 0.25) is 0 Å². The summed E-state index contributed by atoms with van der Waals surface area (Å²) in [6.45, 7) is 17.8. The lowest BCUT2D eigenvalue weighted by Crippen LogP contribution is -2.54.